The van der Waals surface area contributed by atoms with Gasteiger partial charge in [0, 0.05) is 29.9 Å². The van der Waals surface area contributed by atoms with E-state index in [9.17, 15) is 19.5 Å². The van der Waals surface area contributed by atoms with E-state index in [0.29, 0.717) is 30.6 Å². The summed E-state index contributed by atoms with van der Waals surface area (Å²) in [4.78, 5) is 36.3. The third-order valence-corrected chi connectivity index (χ3v) is 6.40. The van der Waals surface area contributed by atoms with Crippen molar-refractivity contribution in [2.45, 2.75) is 51.7 Å². The van der Waals surface area contributed by atoms with Crippen molar-refractivity contribution in [1.82, 2.24) is 20.4 Å². The Bertz CT molecular complexity index is 1570. The molecule has 3 N–H and O–H groups in total. The summed E-state index contributed by atoms with van der Waals surface area (Å²) in [5, 5.41) is 21.9. The monoisotopic (exact) mass is 568 g/mol. The van der Waals surface area contributed by atoms with Crippen LogP contribution in [-0.2, 0) is 14.3 Å². The number of rotatable bonds is 11. The largest absolute Gasteiger partial charge is 0.480 e. The molecule has 9 nitrogen and oxygen atoms in total. The van der Waals surface area contributed by atoms with Gasteiger partial charge < -0.3 is 20.5 Å². The molecule has 2 amide bonds. The Hall–Kier alpha value is -4.92. The van der Waals surface area contributed by atoms with Crippen molar-refractivity contribution in [1.29, 1.82) is 0 Å². The van der Waals surface area contributed by atoms with E-state index in [1.165, 1.54) is 6.08 Å². The van der Waals surface area contributed by atoms with Gasteiger partial charge in [0.1, 0.15) is 11.6 Å². The Balaban J connectivity index is 1.43. The first-order valence-corrected chi connectivity index (χ1v) is 13.9. The predicted octanol–water partition coefficient (Wildman–Crippen LogP) is 5.97. The van der Waals surface area contributed by atoms with Crippen molar-refractivity contribution in [3.63, 3.8) is 0 Å². The van der Waals surface area contributed by atoms with Crippen molar-refractivity contribution in [2.24, 2.45) is 0 Å². The Morgan fingerprint density at radius 1 is 0.976 bits per heavy atom. The number of hydrogen-bond donors (Lipinski definition) is 3. The summed E-state index contributed by atoms with van der Waals surface area (Å²) in [6.07, 6.45) is 5.56. The van der Waals surface area contributed by atoms with Crippen LogP contribution in [0.5, 0.6) is 0 Å². The molecule has 4 rings (SSSR count). The third kappa shape index (κ3) is 8.54. The van der Waals surface area contributed by atoms with Crippen molar-refractivity contribution >= 4 is 34.8 Å². The minimum atomic E-state index is -1.12. The molecule has 0 fully saturated rings. The van der Waals surface area contributed by atoms with Crippen LogP contribution in [0.15, 0.2) is 85.1 Å². The maximum absolute atomic E-state index is 12.8. The number of ether oxygens (including phenoxy) is 1. The molecule has 42 heavy (non-hydrogen) atoms. The number of carbonyl (C=O) groups excluding carboxylic acids is 2. The fourth-order valence-electron chi connectivity index (χ4n) is 4.40. The van der Waals surface area contributed by atoms with Gasteiger partial charge in [-0.15, -0.1) is 0 Å². The molecule has 3 aromatic carbocycles. The van der Waals surface area contributed by atoms with Gasteiger partial charge in [-0.1, -0.05) is 54.6 Å². The lowest BCUT2D eigenvalue weighted by atomic mass is 10.0. The van der Waals surface area contributed by atoms with E-state index in [0.717, 1.165) is 22.0 Å². The number of hydrogen-bond acceptors (Lipinski definition) is 5. The Kier molecular flexibility index (Phi) is 9.75. The Labute approximate surface area is 245 Å². The number of aromatic nitrogens is 2. The number of nitrogens with zero attached hydrogens (tertiary/aromatic N) is 2. The van der Waals surface area contributed by atoms with Gasteiger partial charge >= 0.3 is 12.1 Å². The van der Waals surface area contributed by atoms with Crippen molar-refractivity contribution in [2.75, 3.05) is 6.54 Å². The SMILES string of the molecule is CC(C)(C)OC(=O)NCCCC[C@H](NC(=O)/C=C/c1cn(-c2ccccc2)nc1-c1ccc2ccccc2c1)C(=O)O. The van der Waals surface area contributed by atoms with Gasteiger partial charge in [-0.05, 0) is 75.1 Å². The molecule has 4 aromatic rings. The fourth-order valence-corrected chi connectivity index (χ4v) is 4.40. The van der Waals surface area contributed by atoms with Crippen LogP contribution in [0.2, 0.25) is 0 Å². The molecule has 1 atom stereocenters. The number of alkyl carbamates (subject to hydrolysis) is 1. The predicted molar refractivity (Wildman–Crippen MR) is 163 cm³/mol. The molecule has 0 spiro atoms. The number of nitrogens with one attached hydrogen (secondary N) is 2. The molecule has 218 valence electrons. The molecular formula is C33H36N4O5. The quantitative estimate of drug-likeness (QED) is 0.151. The highest BCUT2D eigenvalue weighted by Crippen LogP contribution is 2.28. The Morgan fingerprint density at radius 3 is 2.40 bits per heavy atom. The van der Waals surface area contributed by atoms with Gasteiger partial charge in [-0.3, -0.25) is 4.79 Å². The van der Waals surface area contributed by atoms with Gasteiger partial charge in [-0.2, -0.15) is 5.10 Å². The highest BCUT2D eigenvalue weighted by Gasteiger charge is 2.19. The number of fused-ring (bicyclic) bond motifs is 1. The third-order valence-electron chi connectivity index (χ3n) is 6.40. The van der Waals surface area contributed by atoms with Crippen molar-refractivity contribution < 1.29 is 24.2 Å². The van der Waals surface area contributed by atoms with E-state index < -0.39 is 29.6 Å². The van der Waals surface area contributed by atoms with E-state index in [-0.39, 0.29) is 6.42 Å². The van der Waals surface area contributed by atoms with E-state index in [1.807, 2.05) is 72.9 Å². The summed E-state index contributed by atoms with van der Waals surface area (Å²) in [6, 6.07) is 22.7. The molecule has 9 heteroatoms. The zero-order chi connectivity index (χ0) is 30.1. The van der Waals surface area contributed by atoms with Crippen LogP contribution in [-0.4, -0.2) is 51.0 Å². The molecule has 1 aromatic heterocycles. The van der Waals surface area contributed by atoms with Crippen molar-refractivity contribution in [3.05, 3.63) is 90.6 Å². The summed E-state index contributed by atoms with van der Waals surface area (Å²) >= 11 is 0. The molecule has 0 saturated heterocycles. The van der Waals surface area contributed by atoms with Gasteiger partial charge in [-0.25, -0.2) is 14.3 Å². The van der Waals surface area contributed by atoms with Gasteiger partial charge in [0.15, 0.2) is 0 Å². The van der Waals surface area contributed by atoms with Crippen LogP contribution < -0.4 is 10.6 Å². The first-order chi connectivity index (χ1) is 20.1. The van der Waals surface area contributed by atoms with Gasteiger partial charge in [0.25, 0.3) is 0 Å². The van der Waals surface area contributed by atoms with Crippen LogP contribution in [0.1, 0.15) is 45.6 Å². The number of carbonyl (C=O) groups is 3. The molecule has 0 radical (unpaired) electrons. The molecular weight excluding hydrogens is 532 g/mol. The molecule has 0 aliphatic rings. The lowest BCUT2D eigenvalue weighted by Gasteiger charge is -2.19. The van der Waals surface area contributed by atoms with Crippen LogP contribution in [0, 0.1) is 0 Å². The maximum Gasteiger partial charge on any atom is 0.407 e. The highest BCUT2D eigenvalue weighted by atomic mass is 16.6. The summed E-state index contributed by atoms with van der Waals surface area (Å²) in [5.74, 6) is -1.64. The number of unbranched alkanes of at least 4 members (excludes halogenated alkanes) is 1. The number of para-hydroxylation sites is 1. The number of benzene rings is 3. The molecule has 1 heterocycles. The molecule has 0 aliphatic carbocycles. The zero-order valence-electron chi connectivity index (χ0n) is 24.0. The highest BCUT2D eigenvalue weighted by molar-refractivity contribution is 5.95. The second kappa shape index (κ2) is 13.6. The normalized spacial score (nSPS) is 12.3. The first-order valence-electron chi connectivity index (χ1n) is 13.9. The van der Waals surface area contributed by atoms with Crippen LogP contribution in [0.25, 0.3) is 33.8 Å². The zero-order valence-corrected chi connectivity index (χ0v) is 24.0. The maximum atomic E-state index is 12.8. The Morgan fingerprint density at radius 2 is 1.69 bits per heavy atom. The summed E-state index contributed by atoms with van der Waals surface area (Å²) < 4.78 is 6.94. The van der Waals surface area contributed by atoms with E-state index in [2.05, 4.69) is 16.7 Å². The second-order valence-electron chi connectivity index (χ2n) is 10.9. The number of carboxylic acids is 1. The first kappa shape index (κ1) is 30.0. The summed E-state index contributed by atoms with van der Waals surface area (Å²) in [7, 11) is 0. The lowest BCUT2D eigenvalue weighted by Crippen LogP contribution is -2.40. The van der Waals surface area contributed by atoms with E-state index in [1.54, 1.807) is 31.5 Å². The van der Waals surface area contributed by atoms with Gasteiger partial charge in [0.2, 0.25) is 5.91 Å². The van der Waals surface area contributed by atoms with E-state index in [4.69, 9.17) is 9.84 Å². The second-order valence-corrected chi connectivity index (χ2v) is 10.9. The molecule has 0 bridgehead atoms. The molecule has 0 saturated carbocycles. The van der Waals surface area contributed by atoms with Crippen LogP contribution in [0.4, 0.5) is 4.79 Å². The van der Waals surface area contributed by atoms with Crippen LogP contribution in [0.3, 0.4) is 0 Å². The average molecular weight is 569 g/mol. The topological polar surface area (TPSA) is 123 Å². The lowest BCUT2D eigenvalue weighted by molar-refractivity contribution is -0.141. The smallest absolute Gasteiger partial charge is 0.407 e. The van der Waals surface area contributed by atoms with Crippen molar-refractivity contribution in [3.8, 4) is 16.9 Å². The average Bonchev–Trinajstić information content (AvgIpc) is 3.39. The van der Waals surface area contributed by atoms with Gasteiger partial charge in [0.05, 0.1) is 11.4 Å². The number of amides is 2. The minimum absolute atomic E-state index is 0.221. The fraction of sp³-hybridized carbons (Fsp3) is 0.273. The minimum Gasteiger partial charge on any atom is -0.480 e. The molecule has 0 aliphatic heterocycles. The van der Waals surface area contributed by atoms with Crippen LogP contribution >= 0.6 is 0 Å². The molecule has 0 unspecified atom stereocenters. The number of carboxylic acid groups (broad SMARTS) is 1. The number of aliphatic carboxylic acids is 1. The van der Waals surface area contributed by atoms with E-state index >= 15 is 0 Å². The summed E-state index contributed by atoms with van der Waals surface area (Å²) in [6.45, 7) is 5.68. The summed E-state index contributed by atoms with van der Waals surface area (Å²) in [5.41, 5.74) is 2.58. The standard InChI is InChI=1S/C33H36N4O5/c1-33(2,3)42-32(41)34-20-10-9-15-28(31(39)40)35-29(38)19-18-26-22-37(27-13-5-4-6-14-27)36-30(26)25-17-16-23-11-7-8-12-24(23)21-25/h4-8,11-14,16-19,21-22,28H,9-10,15,20H2,1-3H3,(H,34,41)(H,35,38)(H,39,40)/b19-18+/t28-/m0/s1.